The first kappa shape index (κ1) is 21.7. The number of nitrogens with one attached hydrogen (secondary N) is 1. The Kier molecular flexibility index (Phi) is 7.58. The van der Waals surface area contributed by atoms with Crippen LogP contribution in [0.5, 0.6) is 5.75 Å². The van der Waals surface area contributed by atoms with Gasteiger partial charge in [0.15, 0.2) is 0 Å². The summed E-state index contributed by atoms with van der Waals surface area (Å²) in [6, 6.07) is 3.59. The van der Waals surface area contributed by atoms with Crippen molar-refractivity contribution in [1.82, 2.24) is 5.32 Å². The van der Waals surface area contributed by atoms with Crippen molar-refractivity contribution in [2.45, 2.75) is 58.8 Å². The van der Waals surface area contributed by atoms with E-state index in [2.05, 4.69) is 5.32 Å². The third kappa shape index (κ3) is 5.70. The van der Waals surface area contributed by atoms with Crippen LogP contribution in [0.25, 0.3) is 0 Å². The van der Waals surface area contributed by atoms with Crippen molar-refractivity contribution < 1.29 is 9.90 Å². The van der Waals surface area contributed by atoms with E-state index in [9.17, 15) is 9.90 Å². The molecule has 1 aromatic rings. The molecular weight excluding hydrogens is 312 g/mol. The Balaban J connectivity index is 0.00000484. The Hall–Kier alpha value is -1.26. The van der Waals surface area contributed by atoms with E-state index in [0.29, 0.717) is 24.4 Å². The summed E-state index contributed by atoms with van der Waals surface area (Å²) in [5.41, 5.74) is 7.15. The maximum Gasteiger partial charge on any atom is 0.251 e. The highest BCUT2D eigenvalue weighted by Gasteiger charge is 2.27. The molecule has 0 aromatic heterocycles. The van der Waals surface area contributed by atoms with Crippen molar-refractivity contribution in [3.63, 3.8) is 0 Å². The predicted molar refractivity (Wildman–Crippen MR) is 98.8 cm³/mol. The highest BCUT2D eigenvalue weighted by molar-refractivity contribution is 5.95. The van der Waals surface area contributed by atoms with Crippen LogP contribution in [0.1, 0.15) is 69.4 Å². The molecule has 4 nitrogen and oxygen atoms in total. The Morgan fingerprint density at radius 1 is 1.09 bits per heavy atom. The summed E-state index contributed by atoms with van der Waals surface area (Å²) < 4.78 is 0. The van der Waals surface area contributed by atoms with Gasteiger partial charge in [0.25, 0.3) is 5.91 Å². The number of nitrogens with two attached hydrogens (primary N) is 1. The predicted octanol–water partition coefficient (Wildman–Crippen LogP) is 3.49. The molecule has 0 aliphatic rings. The molecule has 0 fully saturated rings. The van der Waals surface area contributed by atoms with E-state index in [1.807, 2.05) is 41.5 Å². The highest BCUT2D eigenvalue weighted by atomic mass is 35.5. The second-order valence-electron chi connectivity index (χ2n) is 7.82. The van der Waals surface area contributed by atoms with Gasteiger partial charge >= 0.3 is 0 Å². The zero-order chi connectivity index (χ0) is 17.1. The van der Waals surface area contributed by atoms with Gasteiger partial charge in [0, 0.05) is 23.2 Å². The second kappa shape index (κ2) is 8.02. The minimum absolute atomic E-state index is 0. The molecule has 0 atom stereocenters. The third-order valence-corrected chi connectivity index (χ3v) is 3.65. The maximum absolute atomic E-state index is 12.4. The van der Waals surface area contributed by atoms with Crippen LogP contribution in [0.15, 0.2) is 12.1 Å². The zero-order valence-corrected chi connectivity index (χ0v) is 15.9. The van der Waals surface area contributed by atoms with Crippen LogP contribution in [-0.4, -0.2) is 24.1 Å². The van der Waals surface area contributed by atoms with Crippen molar-refractivity contribution in [2.24, 2.45) is 5.73 Å². The molecule has 5 heteroatoms. The van der Waals surface area contributed by atoms with Gasteiger partial charge in [0.05, 0.1) is 0 Å². The zero-order valence-electron chi connectivity index (χ0n) is 15.1. The molecule has 0 aliphatic heterocycles. The first-order valence-electron chi connectivity index (χ1n) is 7.84. The summed E-state index contributed by atoms with van der Waals surface area (Å²) in [4.78, 5) is 12.4. The van der Waals surface area contributed by atoms with E-state index in [1.165, 1.54) is 0 Å². The van der Waals surface area contributed by atoms with E-state index in [0.717, 1.165) is 17.5 Å². The lowest BCUT2D eigenvalue weighted by molar-refractivity contribution is 0.0953. The summed E-state index contributed by atoms with van der Waals surface area (Å²) >= 11 is 0. The molecule has 1 amide bonds. The van der Waals surface area contributed by atoms with Gasteiger partial charge in [0.2, 0.25) is 0 Å². The largest absolute Gasteiger partial charge is 0.507 e. The van der Waals surface area contributed by atoms with Crippen LogP contribution < -0.4 is 11.1 Å². The van der Waals surface area contributed by atoms with Crippen LogP contribution in [0.3, 0.4) is 0 Å². The molecule has 0 aliphatic carbocycles. The molecule has 0 radical (unpaired) electrons. The summed E-state index contributed by atoms with van der Waals surface area (Å²) in [5, 5.41) is 13.5. The van der Waals surface area contributed by atoms with Crippen molar-refractivity contribution in [1.29, 1.82) is 0 Å². The van der Waals surface area contributed by atoms with E-state index >= 15 is 0 Å². The topological polar surface area (TPSA) is 75.4 Å². The van der Waals surface area contributed by atoms with Gasteiger partial charge in [-0.05, 0) is 35.9 Å². The van der Waals surface area contributed by atoms with Crippen LogP contribution in [0.4, 0.5) is 0 Å². The number of phenolic OH excluding ortho intramolecular Hbond substituents is 1. The molecular formula is C18H31ClN2O2. The average molecular weight is 343 g/mol. The highest BCUT2D eigenvalue weighted by Crippen LogP contribution is 2.39. The lowest BCUT2D eigenvalue weighted by Crippen LogP contribution is -2.27. The molecule has 0 saturated heterocycles. The maximum atomic E-state index is 12.4. The van der Waals surface area contributed by atoms with Crippen molar-refractivity contribution >= 4 is 18.3 Å². The molecule has 23 heavy (non-hydrogen) atoms. The fraction of sp³-hybridized carbons (Fsp3) is 0.611. The number of halogens is 1. The van der Waals surface area contributed by atoms with Crippen LogP contribution >= 0.6 is 12.4 Å². The first-order valence-corrected chi connectivity index (χ1v) is 7.84. The van der Waals surface area contributed by atoms with Gasteiger partial charge in [-0.25, -0.2) is 0 Å². The number of rotatable bonds is 4. The summed E-state index contributed by atoms with van der Waals surface area (Å²) in [6.45, 7) is 13.3. The SMILES string of the molecule is CC(C)(C)c1cc(C(=O)NCCCN)cc(C(C)(C)C)c1O.Cl. The lowest BCUT2D eigenvalue weighted by Gasteiger charge is -2.28. The normalized spacial score (nSPS) is 11.8. The van der Waals surface area contributed by atoms with E-state index < -0.39 is 0 Å². The van der Waals surface area contributed by atoms with Crippen molar-refractivity contribution in [3.8, 4) is 5.75 Å². The summed E-state index contributed by atoms with van der Waals surface area (Å²) in [6.07, 6.45) is 0.752. The molecule has 0 spiro atoms. The number of hydrogen-bond acceptors (Lipinski definition) is 3. The summed E-state index contributed by atoms with van der Waals surface area (Å²) in [7, 11) is 0. The Labute approximate surface area is 146 Å². The number of aromatic hydroxyl groups is 1. The van der Waals surface area contributed by atoms with E-state index in [-0.39, 0.29) is 29.1 Å². The number of amides is 1. The molecule has 0 unspecified atom stereocenters. The molecule has 1 aromatic carbocycles. The minimum atomic E-state index is -0.238. The molecule has 0 bridgehead atoms. The lowest BCUT2D eigenvalue weighted by atomic mass is 9.78. The number of carbonyl (C=O) groups is 1. The van der Waals surface area contributed by atoms with E-state index in [1.54, 1.807) is 12.1 Å². The Morgan fingerprint density at radius 2 is 1.52 bits per heavy atom. The third-order valence-electron chi connectivity index (χ3n) is 3.65. The first-order chi connectivity index (χ1) is 9.98. The Morgan fingerprint density at radius 3 is 1.87 bits per heavy atom. The van der Waals surface area contributed by atoms with Gasteiger partial charge in [-0.1, -0.05) is 41.5 Å². The summed E-state index contributed by atoms with van der Waals surface area (Å²) in [5.74, 6) is 0.169. The molecule has 0 saturated carbocycles. The van der Waals surface area contributed by atoms with Gasteiger partial charge in [-0.15, -0.1) is 12.4 Å². The molecule has 0 heterocycles. The standard InChI is InChI=1S/C18H30N2O2.ClH/c1-17(2,3)13-10-12(16(22)20-9-7-8-19)11-14(15(13)21)18(4,5)6;/h10-11,21H,7-9,19H2,1-6H3,(H,20,22);1H. The quantitative estimate of drug-likeness (QED) is 0.733. The molecule has 4 N–H and O–H groups in total. The second-order valence-corrected chi connectivity index (χ2v) is 7.82. The van der Waals surface area contributed by atoms with Crippen molar-refractivity contribution in [2.75, 3.05) is 13.1 Å². The van der Waals surface area contributed by atoms with Crippen LogP contribution in [0, 0.1) is 0 Å². The smallest absolute Gasteiger partial charge is 0.251 e. The molecule has 132 valence electrons. The van der Waals surface area contributed by atoms with Gasteiger partial charge in [-0.2, -0.15) is 0 Å². The Bertz CT molecular complexity index is 508. The average Bonchev–Trinajstić information content (AvgIpc) is 2.36. The number of benzene rings is 1. The number of carbonyl (C=O) groups excluding carboxylic acids is 1. The van der Waals surface area contributed by atoms with Crippen LogP contribution in [-0.2, 0) is 10.8 Å². The van der Waals surface area contributed by atoms with Gasteiger partial charge in [-0.3, -0.25) is 4.79 Å². The van der Waals surface area contributed by atoms with Gasteiger partial charge < -0.3 is 16.2 Å². The monoisotopic (exact) mass is 342 g/mol. The minimum Gasteiger partial charge on any atom is -0.507 e. The fourth-order valence-electron chi connectivity index (χ4n) is 2.32. The van der Waals surface area contributed by atoms with Gasteiger partial charge in [0.1, 0.15) is 5.75 Å². The fourth-order valence-corrected chi connectivity index (χ4v) is 2.32. The number of phenols is 1. The molecule has 1 rings (SSSR count). The van der Waals surface area contributed by atoms with Crippen LogP contribution in [0.2, 0.25) is 0 Å². The van der Waals surface area contributed by atoms with Crippen molar-refractivity contribution in [3.05, 3.63) is 28.8 Å². The number of hydrogen-bond donors (Lipinski definition) is 3. The van der Waals surface area contributed by atoms with E-state index in [4.69, 9.17) is 5.73 Å².